The molecule has 16 heavy (non-hydrogen) atoms. The predicted molar refractivity (Wildman–Crippen MR) is 47.8 cm³/mol. The second-order valence-electron chi connectivity index (χ2n) is 2.81. The predicted octanol–water partition coefficient (Wildman–Crippen LogP) is -1.12. The molecule has 0 rings (SSSR count). The van der Waals surface area contributed by atoms with Crippen LogP contribution in [0.2, 0.25) is 0 Å². The molecule has 0 bridgehead atoms. The van der Waals surface area contributed by atoms with Gasteiger partial charge in [-0.25, -0.2) is 18.4 Å². The van der Waals surface area contributed by atoms with E-state index in [0.717, 1.165) is 0 Å². The van der Waals surface area contributed by atoms with E-state index in [9.17, 15) is 23.2 Å². The monoisotopic (exact) mass is 239 g/mol. The van der Waals surface area contributed by atoms with E-state index in [1.165, 1.54) is 0 Å². The Kier molecular flexibility index (Phi) is 5.75. The van der Waals surface area contributed by atoms with Crippen molar-refractivity contribution in [3.05, 3.63) is 0 Å². The highest BCUT2D eigenvalue weighted by Gasteiger charge is 2.22. The molecule has 1 atom stereocenters. The molecule has 0 aliphatic heterocycles. The second-order valence-corrected chi connectivity index (χ2v) is 2.81. The Bertz CT molecular complexity index is 285. The normalized spacial score (nSPS) is 11.9. The van der Waals surface area contributed by atoms with Gasteiger partial charge < -0.3 is 21.5 Å². The van der Waals surface area contributed by atoms with Gasteiger partial charge in [0.2, 0.25) is 5.91 Å². The minimum Gasteiger partial charge on any atom is -0.480 e. The average molecular weight is 239 g/mol. The van der Waals surface area contributed by atoms with Crippen molar-refractivity contribution in [2.45, 2.75) is 18.9 Å². The van der Waals surface area contributed by atoms with Crippen LogP contribution in [0.1, 0.15) is 6.42 Å². The Hall–Kier alpha value is -1.93. The van der Waals surface area contributed by atoms with Gasteiger partial charge in [0.15, 0.2) is 0 Å². The fourth-order valence-electron chi connectivity index (χ4n) is 0.780. The molecule has 0 aromatic carbocycles. The zero-order valence-corrected chi connectivity index (χ0v) is 8.07. The first kappa shape index (κ1) is 14.1. The van der Waals surface area contributed by atoms with Crippen LogP contribution in [0.25, 0.3) is 0 Å². The smallest absolute Gasteiger partial charge is 0.326 e. The summed E-state index contributed by atoms with van der Waals surface area (Å²) in [5.41, 5.74) is 4.74. The van der Waals surface area contributed by atoms with Crippen LogP contribution in [-0.4, -0.2) is 42.0 Å². The second kappa shape index (κ2) is 6.53. The Morgan fingerprint density at radius 2 is 1.88 bits per heavy atom. The number of amides is 3. The average Bonchev–Trinajstić information content (AvgIpc) is 2.12. The standard InChI is InChI=1S/C7H11F2N3O4/c8-4(9)2-11-7(16)12-3(6(14)15)1-5(10)13/h3-4H,1-2H2,(H2,10,13)(H,14,15)(H2,11,12,16). The van der Waals surface area contributed by atoms with E-state index >= 15 is 0 Å². The highest BCUT2D eigenvalue weighted by Crippen LogP contribution is 1.92. The van der Waals surface area contributed by atoms with Crippen LogP contribution in [-0.2, 0) is 9.59 Å². The molecule has 0 spiro atoms. The quantitative estimate of drug-likeness (QED) is 0.469. The summed E-state index contributed by atoms with van der Waals surface area (Å²) in [6, 6.07) is -2.64. The fraction of sp³-hybridized carbons (Fsp3) is 0.571. The van der Waals surface area contributed by atoms with Gasteiger partial charge in [0.25, 0.3) is 6.43 Å². The molecule has 5 N–H and O–H groups in total. The van der Waals surface area contributed by atoms with Gasteiger partial charge in [0.05, 0.1) is 13.0 Å². The largest absolute Gasteiger partial charge is 0.480 e. The summed E-state index contributed by atoms with van der Waals surface area (Å²) >= 11 is 0. The summed E-state index contributed by atoms with van der Waals surface area (Å²) in [5, 5.41) is 12.1. The summed E-state index contributed by atoms with van der Waals surface area (Å²) in [7, 11) is 0. The first-order valence-electron chi connectivity index (χ1n) is 4.16. The lowest BCUT2D eigenvalue weighted by atomic mass is 10.2. The van der Waals surface area contributed by atoms with Gasteiger partial charge in [-0.15, -0.1) is 0 Å². The van der Waals surface area contributed by atoms with Gasteiger partial charge >= 0.3 is 12.0 Å². The van der Waals surface area contributed by atoms with Crippen molar-refractivity contribution >= 4 is 17.9 Å². The van der Waals surface area contributed by atoms with E-state index in [4.69, 9.17) is 10.8 Å². The van der Waals surface area contributed by atoms with Crippen molar-refractivity contribution < 1.29 is 28.3 Å². The molecule has 0 saturated carbocycles. The Balaban J connectivity index is 4.13. The lowest BCUT2D eigenvalue weighted by Gasteiger charge is -2.13. The summed E-state index contributed by atoms with van der Waals surface area (Å²) in [4.78, 5) is 31.8. The van der Waals surface area contributed by atoms with Crippen LogP contribution in [0, 0.1) is 0 Å². The summed E-state index contributed by atoms with van der Waals surface area (Å²) in [6.07, 6.45) is -3.36. The van der Waals surface area contributed by atoms with Gasteiger partial charge in [-0.3, -0.25) is 4.79 Å². The molecule has 0 aliphatic rings. The maximum Gasteiger partial charge on any atom is 0.326 e. The van der Waals surface area contributed by atoms with E-state index in [-0.39, 0.29) is 0 Å². The number of hydrogen-bond acceptors (Lipinski definition) is 3. The molecule has 7 nitrogen and oxygen atoms in total. The maximum absolute atomic E-state index is 11.7. The van der Waals surface area contributed by atoms with Crippen LogP contribution in [0.3, 0.4) is 0 Å². The number of nitrogens with one attached hydrogen (secondary N) is 2. The Labute approximate surface area is 89.0 Å². The molecule has 0 saturated heterocycles. The van der Waals surface area contributed by atoms with E-state index in [1.54, 1.807) is 5.32 Å². The number of carboxylic acids is 1. The number of rotatable bonds is 6. The van der Waals surface area contributed by atoms with Crippen LogP contribution in [0.4, 0.5) is 13.6 Å². The van der Waals surface area contributed by atoms with Gasteiger partial charge in [-0.1, -0.05) is 0 Å². The Morgan fingerprint density at radius 1 is 1.31 bits per heavy atom. The molecule has 3 amide bonds. The van der Waals surface area contributed by atoms with Crippen LogP contribution >= 0.6 is 0 Å². The van der Waals surface area contributed by atoms with E-state index in [1.807, 2.05) is 5.32 Å². The third-order valence-corrected chi connectivity index (χ3v) is 1.43. The third-order valence-electron chi connectivity index (χ3n) is 1.43. The molecular formula is C7H11F2N3O4. The van der Waals surface area contributed by atoms with Crippen molar-refractivity contribution in [3.8, 4) is 0 Å². The third kappa shape index (κ3) is 6.51. The highest BCUT2D eigenvalue weighted by atomic mass is 19.3. The van der Waals surface area contributed by atoms with Gasteiger partial charge in [0.1, 0.15) is 6.04 Å². The summed E-state index contributed by atoms with van der Waals surface area (Å²) in [6.45, 7) is -0.908. The molecular weight excluding hydrogens is 228 g/mol. The molecule has 0 aromatic heterocycles. The molecule has 1 unspecified atom stereocenters. The number of urea groups is 1. The number of carbonyl (C=O) groups is 3. The number of primary amides is 1. The number of carbonyl (C=O) groups excluding carboxylic acids is 2. The number of halogens is 2. The lowest BCUT2D eigenvalue weighted by Crippen LogP contribution is -2.48. The Morgan fingerprint density at radius 3 is 2.25 bits per heavy atom. The first-order valence-corrected chi connectivity index (χ1v) is 4.16. The van der Waals surface area contributed by atoms with Crippen LogP contribution < -0.4 is 16.4 Å². The van der Waals surface area contributed by atoms with Crippen molar-refractivity contribution in [3.63, 3.8) is 0 Å². The molecule has 0 heterocycles. The summed E-state index contributed by atoms with van der Waals surface area (Å²) in [5.74, 6) is -2.41. The minimum atomic E-state index is -2.75. The van der Waals surface area contributed by atoms with Crippen LogP contribution in [0.15, 0.2) is 0 Å². The molecule has 9 heteroatoms. The molecule has 92 valence electrons. The fourth-order valence-corrected chi connectivity index (χ4v) is 0.780. The first-order chi connectivity index (χ1) is 7.32. The van der Waals surface area contributed by atoms with Crippen molar-refractivity contribution in [1.29, 1.82) is 0 Å². The van der Waals surface area contributed by atoms with Gasteiger partial charge in [0, 0.05) is 0 Å². The molecule has 0 fully saturated rings. The van der Waals surface area contributed by atoms with Gasteiger partial charge in [-0.05, 0) is 0 Å². The zero-order chi connectivity index (χ0) is 12.7. The van der Waals surface area contributed by atoms with Crippen molar-refractivity contribution in [2.75, 3.05) is 6.54 Å². The molecule has 0 aromatic rings. The van der Waals surface area contributed by atoms with Gasteiger partial charge in [-0.2, -0.15) is 0 Å². The zero-order valence-electron chi connectivity index (χ0n) is 8.07. The van der Waals surface area contributed by atoms with E-state index < -0.39 is 43.3 Å². The van der Waals surface area contributed by atoms with E-state index in [0.29, 0.717) is 0 Å². The van der Waals surface area contributed by atoms with Crippen molar-refractivity contribution in [1.82, 2.24) is 10.6 Å². The molecule has 0 radical (unpaired) electrons. The number of hydrogen-bond donors (Lipinski definition) is 4. The maximum atomic E-state index is 11.7. The number of nitrogens with two attached hydrogens (primary N) is 1. The molecule has 0 aliphatic carbocycles. The number of aliphatic carboxylic acids is 1. The SMILES string of the molecule is NC(=O)CC(NC(=O)NCC(F)F)C(=O)O. The van der Waals surface area contributed by atoms with Crippen LogP contribution in [0.5, 0.6) is 0 Å². The number of carboxylic acid groups (broad SMARTS) is 1. The minimum absolute atomic E-state index is 0.614. The van der Waals surface area contributed by atoms with Crippen molar-refractivity contribution in [2.24, 2.45) is 5.73 Å². The summed E-state index contributed by atoms with van der Waals surface area (Å²) < 4.78 is 23.3. The topological polar surface area (TPSA) is 122 Å². The lowest BCUT2D eigenvalue weighted by molar-refractivity contribution is -0.140. The van der Waals surface area contributed by atoms with E-state index in [2.05, 4.69) is 0 Å². The number of alkyl halides is 2. The highest BCUT2D eigenvalue weighted by molar-refractivity contribution is 5.87.